The number of hydrogen-bond acceptors (Lipinski definition) is 4. The minimum Gasteiger partial charge on any atom is -0.483 e. The number of rotatable bonds is 4. The van der Waals surface area contributed by atoms with E-state index in [4.69, 9.17) is 20.8 Å². The number of para-hydroxylation sites is 2. The molecule has 0 radical (unpaired) electrons. The Labute approximate surface area is 138 Å². The summed E-state index contributed by atoms with van der Waals surface area (Å²) in [6.07, 6.45) is 0. The molecule has 0 spiro atoms. The average Bonchev–Trinajstić information content (AvgIpc) is 2.97. The first-order chi connectivity index (χ1) is 11.0. The van der Waals surface area contributed by atoms with Crippen LogP contribution in [0.4, 0.5) is 6.01 Å². The number of fused-ring (bicyclic) bond motifs is 1. The molecule has 0 fully saturated rings. The fourth-order valence-electron chi connectivity index (χ4n) is 2.12. The Morgan fingerprint density at radius 3 is 2.83 bits per heavy atom. The summed E-state index contributed by atoms with van der Waals surface area (Å²) in [4.78, 5) is 17.9. The Morgan fingerprint density at radius 2 is 2.09 bits per heavy atom. The van der Waals surface area contributed by atoms with Crippen molar-refractivity contribution in [3.05, 3.63) is 53.1 Å². The van der Waals surface area contributed by atoms with Crippen molar-refractivity contribution in [2.24, 2.45) is 0 Å². The molecule has 0 atom stereocenters. The van der Waals surface area contributed by atoms with Crippen molar-refractivity contribution in [2.75, 3.05) is 18.6 Å². The van der Waals surface area contributed by atoms with Gasteiger partial charge < -0.3 is 9.15 Å². The molecule has 1 heterocycles. The summed E-state index contributed by atoms with van der Waals surface area (Å²) in [5.41, 5.74) is 2.21. The van der Waals surface area contributed by atoms with Gasteiger partial charge in [-0.05, 0) is 42.8 Å². The lowest BCUT2D eigenvalue weighted by Gasteiger charge is -2.14. The van der Waals surface area contributed by atoms with Gasteiger partial charge in [0.2, 0.25) is 0 Å². The Balaban J connectivity index is 1.69. The summed E-state index contributed by atoms with van der Waals surface area (Å²) >= 11 is 5.90. The maximum atomic E-state index is 12.2. The van der Waals surface area contributed by atoms with E-state index in [-0.39, 0.29) is 18.5 Å². The maximum Gasteiger partial charge on any atom is 0.305 e. The highest BCUT2D eigenvalue weighted by atomic mass is 35.5. The SMILES string of the molecule is Cc1cc(Cl)ccc1OCC(=O)N(C)c1nc2ccccc2o1. The summed E-state index contributed by atoms with van der Waals surface area (Å²) in [6.45, 7) is 1.76. The van der Waals surface area contributed by atoms with Crippen molar-refractivity contribution in [1.29, 1.82) is 0 Å². The molecule has 3 aromatic rings. The molecule has 3 rings (SSSR count). The van der Waals surface area contributed by atoms with E-state index in [0.29, 0.717) is 21.9 Å². The smallest absolute Gasteiger partial charge is 0.305 e. The van der Waals surface area contributed by atoms with E-state index in [2.05, 4.69) is 4.98 Å². The van der Waals surface area contributed by atoms with Gasteiger partial charge in [-0.2, -0.15) is 4.98 Å². The van der Waals surface area contributed by atoms with Crippen LogP contribution in [0.3, 0.4) is 0 Å². The zero-order valence-corrected chi connectivity index (χ0v) is 13.5. The van der Waals surface area contributed by atoms with Gasteiger partial charge in [-0.25, -0.2) is 0 Å². The van der Waals surface area contributed by atoms with Gasteiger partial charge in [0.25, 0.3) is 5.91 Å². The van der Waals surface area contributed by atoms with Crippen molar-refractivity contribution in [2.45, 2.75) is 6.92 Å². The average molecular weight is 331 g/mol. The van der Waals surface area contributed by atoms with E-state index < -0.39 is 0 Å². The van der Waals surface area contributed by atoms with Crippen LogP contribution in [-0.4, -0.2) is 24.5 Å². The summed E-state index contributed by atoms with van der Waals surface area (Å²) in [5, 5.41) is 0.629. The van der Waals surface area contributed by atoms with E-state index in [9.17, 15) is 4.79 Å². The quantitative estimate of drug-likeness (QED) is 0.729. The molecule has 0 aliphatic rings. The number of carbonyl (C=O) groups excluding carboxylic acids is 1. The molecule has 23 heavy (non-hydrogen) atoms. The second-order valence-corrected chi connectivity index (χ2v) is 5.55. The molecular formula is C17H15ClN2O3. The van der Waals surface area contributed by atoms with Gasteiger partial charge in [-0.3, -0.25) is 9.69 Å². The van der Waals surface area contributed by atoms with Crippen molar-refractivity contribution >= 4 is 34.6 Å². The van der Waals surface area contributed by atoms with Gasteiger partial charge in [0.05, 0.1) is 0 Å². The van der Waals surface area contributed by atoms with E-state index in [1.807, 2.05) is 25.1 Å². The normalized spacial score (nSPS) is 10.7. The second kappa shape index (κ2) is 6.30. The summed E-state index contributed by atoms with van der Waals surface area (Å²) in [6, 6.07) is 12.8. The number of carbonyl (C=O) groups is 1. The summed E-state index contributed by atoms with van der Waals surface area (Å²) < 4.78 is 11.1. The molecule has 2 aromatic carbocycles. The van der Waals surface area contributed by atoms with Gasteiger partial charge in [-0.15, -0.1) is 0 Å². The van der Waals surface area contributed by atoms with E-state index >= 15 is 0 Å². The molecule has 0 N–H and O–H groups in total. The molecule has 0 saturated carbocycles. The highest BCUT2D eigenvalue weighted by Gasteiger charge is 2.17. The number of nitrogens with zero attached hydrogens (tertiary/aromatic N) is 2. The molecule has 118 valence electrons. The highest BCUT2D eigenvalue weighted by Crippen LogP contribution is 2.23. The molecule has 5 nitrogen and oxygen atoms in total. The molecule has 6 heteroatoms. The van der Waals surface area contributed by atoms with E-state index in [0.717, 1.165) is 5.56 Å². The van der Waals surface area contributed by atoms with Crippen LogP contribution < -0.4 is 9.64 Å². The first kappa shape index (κ1) is 15.4. The van der Waals surface area contributed by atoms with Crippen LogP contribution in [-0.2, 0) is 4.79 Å². The Morgan fingerprint density at radius 1 is 1.30 bits per heavy atom. The van der Waals surface area contributed by atoms with Gasteiger partial charge in [-0.1, -0.05) is 23.7 Å². The highest BCUT2D eigenvalue weighted by molar-refractivity contribution is 6.30. The summed E-state index contributed by atoms with van der Waals surface area (Å²) in [5.74, 6) is 0.361. The number of oxazole rings is 1. The maximum absolute atomic E-state index is 12.2. The number of aryl methyl sites for hydroxylation is 1. The fourth-order valence-corrected chi connectivity index (χ4v) is 2.35. The van der Waals surface area contributed by atoms with Crippen LogP contribution in [0.1, 0.15) is 5.56 Å². The lowest BCUT2D eigenvalue weighted by atomic mass is 10.2. The van der Waals surface area contributed by atoms with Crippen LogP contribution in [0.5, 0.6) is 5.75 Å². The van der Waals surface area contributed by atoms with E-state index in [1.165, 1.54) is 4.90 Å². The van der Waals surface area contributed by atoms with Crippen LogP contribution in [0, 0.1) is 6.92 Å². The van der Waals surface area contributed by atoms with Crippen molar-refractivity contribution < 1.29 is 13.9 Å². The number of ether oxygens (including phenoxy) is 1. The fraction of sp³-hybridized carbons (Fsp3) is 0.176. The molecule has 0 aliphatic heterocycles. The first-order valence-corrected chi connectivity index (χ1v) is 7.43. The third kappa shape index (κ3) is 3.29. The minimum absolute atomic E-state index is 0.113. The standard InChI is InChI=1S/C17H15ClN2O3/c1-11-9-12(18)7-8-14(11)22-10-16(21)20(2)17-19-13-5-3-4-6-15(13)23-17/h3-9H,10H2,1-2H3. The van der Waals surface area contributed by atoms with Gasteiger partial charge in [0.1, 0.15) is 11.3 Å². The lowest BCUT2D eigenvalue weighted by molar-refractivity contribution is -0.120. The number of likely N-dealkylation sites (N-methyl/N-ethyl adjacent to an activating group) is 1. The van der Waals surface area contributed by atoms with Crippen molar-refractivity contribution in [3.63, 3.8) is 0 Å². The number of anilines is 1. The van der Waals surface area contributed by atoms with Gasteiger partial charge >= 0.3 is 6.01 Å². The molecular weight excluding hydrogens is 316 g/mol. The molecule has 0 aliphatic carbocycles. The van der Waals surface area contributed by atoms with Crippen molar-refractivity contribution in [3.8, 4) is 5.75 Å². The Hall–Kier alpha value is -2.53. The molecule has 1 amide bonds. The second-order valence-electron chi connectivity index (χ2n) is 5.12. The predicted octanol–water partition coefficient (Wildman–Crippen LogP) is 3.83. The number of amides is 1. The van der Waals surface area contributed by atoms with Crippen LogP contribution in [0.2, 0.25) is 5.02 Å². The number of benzene rings is 2. The van der Waals surface area contributed by atoms with Gasteiger partial charge in [0.15, 0.2) is 12.2 Å². The first-order valence-electron chi connectivity index (χ1n) is 7.05. The summed E-state index contributed by atoms with van der Waals surface area (Å²) in [7, 11) is 1.60. The zero-order valence-electron chi connectivity index (χ0n) is 12.7. The number of aromatic nitrogens is 1. The molecule has 0 saturated heterocycles. The Bertz CT molecular complexity index is 827. The topological polar surface area (TPSA) is 55.6 Å². The van der Waals surface area contributed by atoms with Crippen LogP contribution in [0.15, 0.2) is 46.9 Å². The van der Waals surface area contributed by atoms with Crippen molar-refractivity contribution in [1.82, 2.24) is 4.98 Å². The largest absolute Gasteiger partial charge is 0.483 e. The number of halogens is 1. The van der Waals surface area contributed by atoms with E-state index in [1.54, 1.807) is 31.3 Å². The zero-order chi connectivity index (χ0) is 16.4. The lowest BCUT2D eigenvalue weighted by Crippen LogP contribution is -2.31. The monoisotopic (exact) mass is 330 g/mol. The van der Waals surface area contributed by atoms with Gasteiger partial charge in [0, 0.05) is 12.1 Å². The predicted molar refractivity (Wildman–Crippen MR) is 89.1 cm³/mol. The van der Waals surface area contributed by atoms with Crippen LogP contribution in [0.25, 0.3) is 11.1 Å². The third-order valence-electron chi connectivity index (χ3n) is 3.43. The van der Waals surface area contributed by atoms with Crippen LogP contribution >= 0.6 is 11.6 Å². The minimum atomic E-state index is -0.258. The molecule has 0 unspecified atom stereocenters. The molecule has 0 bridgehead atoms. The number of hydrogen-bond donors (Lipinski definition) is 0. The Kier molecular flexibility index (Phi) is 4.21. The third-order valence-corrected chi connectivity index (χ3v) is 3.67. The molecule has 1 aromatic heterocycles.